The molecule has 0 aliphatic carbocycles. The Labute approximate surface area is 133 Å². The number of hydrogen-bond acceptors (Lipinski definition) is 3. The Morgan fingerprint density at radius 3 is 2.95 bits per heavy atom. The van der Waals surface area contributed by atoms with Crippen LogP contribution in [0.25, 0.3) is 11.0 Å². The quantitative estimate of drug-likeness (QED) is 0.729. The van der Waals surface area contributed by atoms with E-state index >= 15 is 0 Å². The molecule has 22 heavy (non-hydrogen) atoms. The first kappa shape index (κ1) is 14.7. The average Bonchev–Trinajstić information content (AvgIpc) is 2.96. The molecule has 0 bridgehead atoms. The van der Waals surface area contributed by atoms with Crippen molar-refractivity contribution in [3.8, 4) is 0 Å². The third-order valence-electron chi connectivity index (χ3n) is 3.46. The molecule has 3 aromatic rings. The van der Waals surface area contributed by atoms with Crippen molar-refractivity contribution in [2.75, 3.05) is 11.6 Å². The summed E-state index contributed by atoms with van der Waals surface area (Å²) in [5, 5.41) is 2.94. The van der Waals surface area contributed by atoms with Crippen molar-refractivity contribution in [3.05, 3.63) is 54.9 Å². The first-order valence-corrected chi connectivity index (χ1v) is 8.32. The smallest absolute Gasteiger partial charge is 0.226 e. The lowest BCUT2D eigenvalue weighted by atomic mass is 10.3. The molecule has 1 N–H and O–H groups in total. The van der Waals surface area contributed by atoms with Gasteiger partial charge < -0.3 is 9.88 Å². The molecule has 4 nitrogen and oxygen atoms in total. The fraction of sp³-hybridized carbons (Fsp3) is 0.176. The van der Waals surface area contributed by atoms with Gasteiger partial charge in [0.05, 0.1) is 17.4 Å². The first-order valence-electron chi connectivity index (χ1n) is 7.10. The van der Waals surface area contributed by atoms with Crippen LogP contribution in [0.3, 0.4) is 0 Å². The van der Waals surface area contributed by atoms with Crippen LogP contribution in [0.5, 0.6) is 0 Å². The summed E-state index contributed by atoms with van der Waals surface area (Å²) in [6.07, 6.45) is 4.22. The predicted molar refractivity (Wildman–Crippen MR) is 91.2 cm³/mol. The van der Waals surface area contributed by atoms with Crippen LogP contribution in [0.2, 0.25) is 0 Å². The first-order chi connectivity index (χ1) is 10.8. The highest BCUT2D eigenvalue weighted by molar-refractivity contribution is 7.98. The van der Waals surface area contributed by atoms with Crippen molar-refractivity contribution in [1.82, 2.24) is 9.55 Å². The second kappa shape index (κ2) is 6.66. The van der Waals surface area contributed by atoms with Crippen molar-refractivity contribution in [2.24, 2.45) is 0 Å². The molecule has 0 radical (unpaired) electrons. The van der Waals surface area contributed by atoms with Crippen LogP contribution in [0.4, 0.5) is 5.69 Å². The summed E-state index contributed by atoms with van der Waals surface area (Å²) in [4.78, 5) is 17.6. The summed E-state index contributed by atoms with van der Waals surface area (Å²) in [5.41, 5.74) is 2.85. The van der Waals surface area contributed by atoms with Crippen LogP contribution in [0, 0.1) is 0 Å². The van der Waals surface area contributed by atoms with E-state index < -0.39 is 0 Å². The number of carbonyl (C=O) groups excluding carboxylic acids is 1. The third-order valence-corrected chi connectivity index (χ3v) is 4.19. The Morgan fingerprint density at radius 1 is 1.23 bits per heavy atom. The molecule has 0 atom stereocenters. The number of hydrogen-bond donors (Lipinski definition) is 1. The number of thioether (sulfide) groups is 1. The number of para-hydroxylation sites is 2. The number of fused-ring (bicyclic) bond motifs is 1. The van der Waals surface area contributed by atoms with E-state index in [1.165, 1.54) is 0 Å². The molecule has 1 heterocycles. The summed E-state index contributed by atoms with van der Waals surface area (Å²) < 4.78 is 2.01. The molecule has 0 saturated heterocycles. The van der Waals surface area contributed by atoms with E-state index in [4.69, 9.17) is 0 Å². The van der Waals surface area contributed by atoms with Crippen LogP contribution in [-0.2, 0) is 11.3 Å². The Bertz CT molecular complexity index is 797. The standard InChI is InChI=1S/C17H17N3OS/c1-22-14-6-4-5-13(11-14)19-17(21)9-10-20-12-18-15-7-2-3-8-16(15)20/h2-8,11-12H,9-10H2,1H3,(H,19,21). The van der Waals surface area contributed by atoms with E-state index in [0.717, 1.165) is 21.6 Å². The number of anilines is 1. The van der Waals surface area contributed by atoms with E-state index in [9.17, 15) is 4.79 Å². The molecule has 3 rings (SSSR count). The zero-order valence-corrected chi connectivity index (χ0v) is 13.1. The molecular weight excluding hydrogens is 294 g/mol. The van der Waals surface area contributed by atoms with E-state index in [0.29, 0.717) is 13.0 Å². The minimum absolute atomic E-state index is 0.0102. The molecule has 1 amide bonds. The van der Waals surface area contributed by atoms with Gasteiger partial charge in [0.2, 0.25) is 5.91 Å². The molecule has 5 heteroatoms. The minimum atomic E-state index is 0.0102. The number of nitrogens with one attached hydrogen (secondary N) is 1. The number of benzene rings is 2. The monoisotopic (exact) mass is 311 g/mol. The van der Waals surface area contributed by atoms with Gasteiger partial charge in [-0.2, -0.15) is 0 Å². The number of amides is 1. The fourth-order valence-corrected chi connectivity index (χ4v) is 2.79. The number of aryl methyl sites for hydroxylation is 1. The van der Waals surface area contributed by atoms with E-state index in [-0.39, 0.29) is 5.91 Å². The van der Waals surface area contributed by atoms with Gasteiger partial charge in [0.1, 0.15) is 0 Å². The molecule has 2 aromatic carbocycles. The summed E-state index contributed by atoms with van der Waals surface area (Å²) in [5.74, 6) is 0.0102. The molecule has 112 valence electrons. The highest BCUT2D eigenvalue weighted by atomic mass is 32.2. The van der Waals surface area contributed by atoms with Crippen LogP contribution in [-0.4, -0.2) is 21.7 Å². The lowest BCUT2D eigenvalue weighted by Crippen LogP contribution is -2.14. The number of nitrogens with zero attached hydrogens (tertiary/aromatic N) is 2. The average molecular weight is 311 g/mol. The van der Waals surface area contributed by atoms with Gasteiger partial charge in [-0.1, -0.05) is 18.2 Å². The fourth-order valence-electron chi connectivity index (χ4n) is 2.33. The van der Waals surface area contributed by atoms with Crippen molar-refractivity contribution in [1.29, 1.82) is 0 Å². The maximum atomic E-state index is 12.1. The van der Waals surface area contributed by atoms with Gasteiger partial charge in [-0.25, -0.2) is 4.98 Å². The Morgan fingerprint density at radius 2 is 2.09 bits per heavy atom. The Kier molecular flexibility index (Phi) is 4.44. The maximum absolute atomic E-state index is 12.1. The summed E-state index contributed by atoms with van der Waals surface area (Å²) in [6, 6.07) is 15.8. The number of imidazole rings is 1. The van der Waals surface area contributed by atoms with E-state index in [2.05, 4.69) is 10.3 Å². The van der Waals surface area contributed by atoms with Crippen LogP contribution >= 0.6 is 11.8 Å². The van der Waals surface area contributed by atoms with Crippen molar-refractivity contribution < 1.29 is 4.79 Å². The summed E-state index contributed by atoms with van der Waals surface area (Å²) in [7, 11) is 0. The largest absolute Gasteiger partial charge is 0.330 e. The molecule has 0 aliphatic heterocycles. The van der Waals surface area contributed by atoms with Gasteiger partial charge in [0.15, 0.2) is 0 Å². The van der Waals surface area contributed by atoms with Crippen LogP contribution in [0.15, 0.2) is 59.8 Å². The van der Waals surface area contributed by atoms with Crippen molar-refractivity contribution >= 4 is 34.4 Å². The lowest BCUT2D eigenvalue weighted by Gasteiger charge is -2.07. The summed E-state index contributed by atoms with van der Waals surface area (Å²) in [6.45, 7) is 0.620. The SMILES string of the molecule is CSc1cccc(NC(=O)CCn2cnc3ccccc32)c1. The zero-order chi connectivity index (χ0) is 15.4. The molecule has 0 saturated carbocycles. The molecule has 0 aliphatic rings. The van der Waals surface area contributed by atoms with Crippen molar-refractivity contribution in [3.63, 3.8) is 0 Å². The lowest BCUT2D eigenvalue weighted by molar-refractivity contribution is -0.116. The second-order valence-corrected chi connectivity index (χ2v) is 5.84. The highest BCUT2D eigenvalue weighted by Gasteiger charge is 2.06. The van der Waals surface area contributed by atoms with Gasteiger partial charge >= 0.3 is 0 Å². The van der Waals surface area contributed by atoms with Gasteiger partial charge in [-0.3, -0.25) is 4.79 Å². The molecular formula is C17H17N3OS. The van der Waals surface area contributed by atoms with E-state index in [1.54, 1.807) is 18.1 Å². The van der Waals surface area contributed by atoms with E-state index in [1.807, 2.05) is 59.4 Å². The van der Waals surface area contributed by atoms with Gasteiger partial charge in [-0.05, 0) is 36.6 Å². The number of rotatable bonds is 5. The topological polar surface area (TPSA) is 46.9 Å². The van der Waals surface area contributed by atoms with Crippen LogP contribution < -0.4 is 5.32 Å². The van der Waals surface area contributed by atoms with Gasteiger partial charge in [0, 0.05) is 23.5 Å². The third kappa shape index (κ3) is 3.31. The minimum Gasteiger partial charge on any atom is -0.330 e. The molecule has 0 unspecified atom stereocenters. The van der Waals surface area contributed by atoms with Crippen LogP contribution in [0.1, 0.15) is 6.42 Å². The zero-order valence-electron chi connectivity index (χ0n) is 12.3. The highest BCUT2D eigenvalue weighted by Crippen LogP contribution is 2.19. The number of carbonyl (C=O) groups is 1. The molecule has 0 spiro atoms. The number of aromatic nitrogens is 2. The summed E-state index contributed by atoms with van der Waals surface area (Å²) >= 11 is 1.66. The molecule has 0 fully saturated rings. The maximum Gasteiger partial charge on any atom is 0.226 e. The van der Waals surface area contributed by atoms with Crippen molar-refractivity contribution in [2.45, 2.75) is 17.9 Å². The second-order valence-electron chi connectivity index (χ2n) is 4.96. The molecule has 1 aromatic heterocycles. The Balaban J connectivity index is 1.62. The Hall–Kier alpha value is -2.27. The van der Waals surface area contributed by atoms with Gasteiger partial charge in [0.25, 0.3) is 0 Å². The predicted octanol–water partition coefficient (Wildman–Crippen LogP) is 3.79. The normalized spacial score (nSPS) is 10.8. The van der Waals surface area contributed by atoms with Gasteiger partial charge in [-0.15, -0.1) is 11.8 Å².